The fraction of sp³-hybridized carbons (Fsp3) is 0.167. The van der Waals surface area contributed by atoms with Gasteiger partial charge in [-0.2, -0.15) is 4.98 Å². The van der Waals surface area contributed by atoms with E-state index in [4.69, 9.17) is 4.52 Å². The van der Waals surface area contributed by atoms with E-state index in [0.717, 1.165) is 15.7 Å². The molecular weight excluding hydrogens is 352 g/mol. The molecule has 0 aliphatic rings. The number of thioether (sulfide) groups is 1. The van der Waals surface area contributed by atoms with Crippen LogP contribution in [0.3, 0.4) is 0 Å². The molecule has 126 valence electrons. The summed E-state index contributed by atoms with van der Waals surface area (Å²) < 4.78 is 7.45. The zero-order valence-corrected chi connectivity index (χ0v) is 15.5. The van der Waals surface area contributed by atoms with Gasteiger partial charge in [-0.15, -0.1) is 11.3 Å². The monoisotopic (exact) mass is 368 g/mol. The van der Waals surface area contributed by atoms with Crippen molar-refractivity contribution in [3.8, 4) is 16.4 Å². The second-order valence-corrected chi connectivity index (χ2v) is 7.54. The minimum Gasteiger partial charge on any atom is -0.338 e. The summed E-state index contributed by atoms with van der Waals surface area (Å²) in [6, 6.07) is 10.4. The summed E-state index contributed by atoms with van der Waals surface area (Å²) >= 11 is 3.18. The van der Waals surface area contributed by atoms with Gasteiger partial charge in [0, 0.05) is 12.4 Å². The molecule has 4 aromatic rings. The van der Waals surface area contributed by atoms with Crippen LogP contribution in [0.25, 0.3) is 16.4 Å². The van der Waals surface area contributed by atoms with Crippen LogP contribution in [0.1, 0.15) is 17.0 Å². The van der Waals surface area contributed by atoms with Crippen LogP contribution in [0.15, 0.2) is 57.8 Å². The van der Waals surface area contributed by atoms with Crippen LogP contribution in [-0.2, 0) is 5.75 Å². The highest BCUT2D eigenvalue weighted by Gasteiger charge is 2.13. The van der Waals surface area contributed by atoms with Crippen molar-refractivity contribution >= 4 is 23.1 Å². The van der Waals surface area contributed by atoms with Gasteiger partial charge in [-0.3, -0.25) is 4.57 Å². The molecule has 0 N–H and O–H groups in total. The van der Waals surface area contributed by atoms with E-state index >= 15 is 0 Å². The Morgan fingerprint density at radius 3 is 2.96 bits per heavy atom. The fourth-order valence-electron chi connectivity index (χ4n) is 2.60. The van der Waals surface area contributed by atoms with Crippen molar-refractivity contribution in [3.63, 3.8) is 0 Å². The quantitative estimate of drug-likeness (QED) is 0.469. The van der Waals surface area contributed by atoms with Gasteiger partial charge in [0.2, 0.25) is 11.7 Å². The second kappa shape index (κ2) is 6.85. The third-order valence-electron chi connectivity index (χ3n) is 3.75. The van der Waals surface area contributed by atoms with Gasteiger partial charge in [0.1, 0.15) is 0 Å². The molecule has 0 radical (unpaired) electrons. The molecule has 0 saturated heterocycles. The molecule has 0 unspecified atom stereocenters. The number of imidazole rings is 1. The van der Waals surface area contributed by atoms with Crippen LogP contribution < -0.4 is 0 Å². The molecule has 0 aliphatic carbocycles. The molecule has 0 atom stereocenters. The molecule has 7 heteroatoms. The zero-order valence-electron chi connectivity index (χ0n) is 13.8. The zero-order chi connectivity index (χ0) is 17.2. The number of hydrogen-bond acceptors (Lipinski definition) is 6. The Hall–Kier alpha value is -2.38. The van der Waals surface area contributed by atoms with Crippen molar-refractivity contribution in [1.82, 2.24) is 19.7 Å². The van der Waals surface area contributed by atoms with Crippen LogP contribution in [0, 0.1) is 13.8 Å². The molecule has 0 fully saturated rings. The van der Waals surface area contributed by atoms with Crippen molar-refractivity contribution in [2.75, 3.05) is 0 Å². The molecule has 0 aliphatic heterocycles. The maximum absolute atomic E-state index is 5.36. The standard InChI is InChI=1S/C18H16N4OS2/c1-12-5-6-14(13(2)10-12)22-8-7-19-18(22)25-11-16-20-17(21-23-16)15-4-3-9-24-15/h3-10H,11H2,1-2H3. The van der Waals surface area contributed by atoms with Crippen molar-refractivity contribution in [2.24, 2.45) is 0 Å². The Morgan fingerprint density at radius 2 is 2.16 bits per heavy atom. The van der Waals surface area contributed by atoms with E-state index in [1.807, 2.05) is 29.9 Å². The average Bonchev–Trinajstić information content (AvgIpc) is 3.34. The molecule has 1 aromatic carbocycles. The van der Waals surface area contributed by atoms with E-state index in [-0.39, 0.29) is 0 Å². The summed E-state index contributed by atoms with van der Waals surface area (Å²) in [4.78, 5) is 9.94. The number of benzene rings is 1. The Labute approximate surface area is 153 Å². The molecule has 0 amide bonds. The van der Waals surface area contributed by atoms with Crippen LogP contribution in [0.2, 0.25) is 0 Å². The van der Waals surface area contributed by atoms with Gasteiger partial charge in [-0.05, 0) is 36.9 Å². The minimum atomic E-state index is 0.584. The predicted octanol–water partition coefficient (Wildman–Crippen LogP) is 4.89. The first-order chi connectivity index (χ1) is 12.2. The van der Waals surface area contributed by atoms with E-state index in [2.05, 4.69) is 51.7 Å². The third-order valence-corrected chi connectivity index (χ3v) is 5.57. The van der Waals surface area contributed by atoms with E-state index < -0.39 is 0 Å². The third kappa shape index (κ3) is 3.38. The molecule has 3 aromatic heterocycles. The van der Waals surface area contributed by atoms with Gasteiger partial charge in [0.05, 0.1) is 16.3 Å². The first-order valence-corrected chi connectivity index (χ1v) is 9.67. The molecular formula is C18H16N4OS2. The lowest BCUT2D eigenvalue weighted by atomic mass is 10.1. The highest BCUT2D eigenvalue weighted by Crippen LogP contribution is 2.27. The Morgan fingerprint density at radius 1 is 1.24 bits per heavy atom. The number of hydrogen-bond donors (Lipinski definition) is 0. The lowest BCUT2D eigenvalue weighted by Crippen LogP contribution is -1.98. The number of rotatable bonds is 5. The molecule has 25 heavy (non-hydrogen) atoms. The van der Waals surface area contributed by atoms with Gasteiger partial charge in [-0.1, -0.05) is 40.7 Å². The highest BCUT2D eigenvalue weighted by molar-refractivity contribution is 7.98. The van der Waals surface area contributed by atoms with E-state index in [1.54, 1.807) is 23.1 Å². The van der Waals surface area contributed by atoms with E-state index in [9.17, 15) is 0 Å². The Balaban J connectivity index is 1.52. The summed E-state index contributed by atoms with van der Waals surface area (Å²) in [7, 11) is 0. The summed E-state index contributed by atoms with van der Waals surface area (Å²) in [6.45, 7) is 4.21. The Bertz CT molecular complexity index is 988. The molecule has 0 spiro atoms. The smallest absolute Gasteiger partial charge is 0.237 e. The van der Waals surface area contributed by atoms with Gasteiger partial charge < -0.3 is 4.52 Å². The predicted molar refractivity (Wildman–Crippen MR) is 100 cm³/mol. The number of aromatic nitrogens is 4. The van der Waals surface area contributed by atoms with Crippen molar-refractivity contribution in [3.05, 3.63) is 65.1 Å². The maximum atomic E-state index is 5.36. The number of thiophene rings is 1. The highest BCUT2D eigenvalue weighted by atomic mass is 32.2. The lowest BCUT2D eigenvalue weighted by Gasteiger charge is -2.10. The summed E-state index contributed by atoms with van der Waals surface area (Å²) in [6.07, 6.45) is 3.79. The molecule has 0 saturated carbocycles. The van der Waals surface area contributed by atoms with Crippen LogP contribution in [0.4, 0.5) is 0 Å². The molecule has 4 rings (SSSR count). The molecule has 5 nitrogen and oxygen atoms in total. The second-order valence-electron chi connectivity index (χ2n) is 5.65. The minimum absolute atomic E-state index is 0.584. The van der Waals surface area contributed by atoms with Crippen LogP contribution in [-0.4, -0.2) is 19.7 Å². The average molecular weight is 368 g/mol. The number of nitrogens with zero attached hydrogens (tertiary/aromatic N) is 4. The van der Waals surface area contributed by atoms with Gasteiger partial charge in [0.15, 0.2) is 5.16 Å². The topological polar surface area (TPSA) is 56.7 Å². The van der Waals surface area contributed by atoms with Gasteiger partial charge >= 0.3 is 0 Å². The van der Waals surface area contributed by atoms with Crippen molar-refractivity contribution in [2.45, 2.75) is 24.8 Å². The summed E-state index contributed by atoms with van der Waals surface area (Å²) in [5, 5.41) is 6.95. The Kier molecular flexibility index (Phi) is 4.42. The van der Waals surface area contributed by atoms with Crippen molar-refractivity contribution < 1.29 is 4.52 Å². The normalized spacial score (nSPS) is 11.1. The number of aryl methyl sites for hydroxylation is 2. The SMILES string of the molecule is Cc1ccc(-n2ccnc2SCc2nc(-c3cccs3)no2)c(C)c1. The summed E-state index contributed by atoms with van der Waals surface area (Å²) in [5.74, 6) is 1.83. The summed E-state index contributed by atoms with van der Waals surface area (Å²) in [5.41, 5.74) is 3.61. The fourth-order valence-corrected chi connectivity index (χ4v) is 4.05. The molecule has 3 heterocycles. The van der Waals surface area contributed by atoms with Crippen LogP contribution in [0.5, 0.6) is 0 Å². The first kappa shape index (κ1) is 16.1. The molecule has 0 bridgehead atoms. The van der Waals surface area contributed by atoms with Crippen molar-refractivity contribution in [1.29, 1.82) is 0 Å². The van der Waals surface area contributed by atoms with Gasteiger partial charge in [0.25, 0.3) is 0 Å². The first-order valence-electron chi connectivity index (χ1n) is 7.81. The maximum Gasteiger partial charge on any atom is 0.237 e. The van der Waals surface area contributed by atoms with E-state index in [1.165, 1.54) is 11.1 Å². The van der Waals surface area contributed by atoms with E-state index in [0.29, 0.717) is 17.5 Å². The van der Waals surface area contributed by atoms with Gasteiger partial charge in [-0.25, -0.2) is 4.98 Å². The largest absolute Gasteiger partial charge is 0.338 e. The lowest BCUT2D eigenvalue weighted by molar-refractivity contribution is 0.391. The van der Waals surface area contributed by atoms with Crippen LogP contribution >= 0.6 is 23.1 Å².